The van der Waals surface area contributed by atoms with Crippen LogP contribution in [0.1, 0.15) is 5.56 Å². The lowest BCUT2D eigenvalue weighted by molar-refractivity contribution is -0.138. The monoisotopic (exact) mass is 231 g/mol. The number of nitrogen functional groups attached to an aromatic ring is 1. The number of aromatic nitrogens is 1. The van der Waals surface area contributed by atoms with Gasteiger partial charge in [-0.1, -0.05) is 6.07 Å². The van der Waals surface area contributed by atoms with Gasteiger partial charge in [-0.15, -0.1) is 0 Å². The maximum atomic E-state index is 10.6. The molecule has 88 valence electrons. The fourth-order valence-electron chi connectivity index (χ4n) is 1.64. The highest BCUT2D eigenvalue weighted by Crippen LogP contribution is 2.17. The van der Waals surface area contributed by atoms with Crippen molar-refractivity contribution in [2.45, 2.75) is 12.5 Å². The molecule has 0 unspecified atom stereocenters. The first-order chi connectivity index (χ1) is 8.06. The Labute approximate surface area is 98.1 Å². The summed E-state index contributed by atoms with van der Waals surface area (Å²) >= 11 is 0. The summed E-state index contributed by atoms with van der Waals surface area (Å²) in [5, 5.41) is 9.66. The number of carboxylic acid groups (broad SMARTS) is 1. The first-order valence-electron chi connectivity index (χ1n) is 5.19. The summed E-state index contributed by atoms with van der Waals surface area (Å²) in [6.45, 7) is 0. The normalized spacial score (nSPS) is 12.5. The molecule has 1 aromatic carbocycles. The van der Waals surface area contributed by atoms with Crippen LogP contribution in [0.25, 0.3) is 10.9 Å². The van der Waals surface area contributed by atoms with Crippen LogP contribution in [0.2, 0.25) is 0 Å². The van der Waals surface area contributed by atoms with E-state index in [1.807, 2.05) is 12.1 Å². The number of hydrogen-bond acceptors (Lipinski definition) is 4. The van der Waals surface area contributed by atoms with E-state index < -0.39 is 12.0 Å². The molecule has 0 bridgehead atoms. The number of aliphatic carboxylic acids is 1. The van der Waals surface area contributed by atoms with Crippen molar-refractivity contribution >= 4 is 22.6 Å². The topological polar surface area (TPSA) is 102 Å². The molecule has 2 aromatic rings. The SMILES string of the molecule is Nc1ccc2cc(C[C@H](N)C(=O)O)cnc2c1. The highest BCUT2D eigenvalue weighted by molar-refractivity contribution is 5.82. The lowest BCUT2D eigenvalue weighted by Gasteiger charge is -2.07. The number of anilines is 1. The number of carbonyl (C=O) groups is 1. The summed E-state index contributed by atoms with van der Waals surface area (Å²) in [4.78, 5) is 14.9. The number of pyridine rings is 1. The molecule has 5 heteroatoms. The van der Waals surface area contributed by atoms with Crippen LogP contribution in [0.4, 0.5) is 5.69 Å². The van der Waals surface area contributed by atoms with Crippen LogP contribution in [0.5, 0.6) is 0 Å². The molecular formula is C12H13N3O2. The Morgan fingerprint density at radius 1 is 1.41 bits per heavy atom. The standard InChI is InChI=1S/C12H13N3O2/c13-9-2-1-8-3-7(4-10(14)12(16)17)6-15-11(8)5-9/h1-3,5-6,10H,4,13-14H2,(H,16,17)/t10-/m0/s1. The van der Waals surface area contributed by atoms with Gasteiger partial charge in [0.1, 0.15) is 6.04 Å². The van der Waals surface area contributed by atoms with E-state index in [2.05, 4.69) is 4.98 Å². The summed E-state index contributed by atoms with van der Waals surface area (Å²) in [5.41, 5.74) is 13.4. The number of nitrogens with zero attached hydrogens (tertiary/aromatic N) is 1. The van der Waals surface area contributed by atoms with E-state index in [0.717, 1.165) is 16.5 Å². The van der Waals surface area contributed by atoms with Gasteiger partial charge in [-0.2, -0.15) is 0 Å². The molecule has 0 saturated carbocycles. The average molecular weight is 231 g/mol. The fraction of sp³-hybridized carbons (Fsp3) is 0.167. The molecule has 0 radical (unpaired) electrons. The van der Waals surface area contributed by atoms with Gasteiger partial charge in [-0.3, -0.25) is 9.78 Å². The van der Waals surface area contributed by atoms with E-state index in [1.165, 1.54) is 0 Å². The second-order valence-electron chi connectivity index (χ2n) is 3.94. The van der Waals surface area contributed by atoms with Crippen LogP contribution in [-0.2, 0) is 11.2 Å². The van der Waals surface area contributed by atoms with Crippen molar-refractivity contribution in [3.63, 3.8) is 0 Å². The molecule has 1 atom stereocenters. The number of benzene rings is 1. The smallest absolute Gasteiger partial charge is 0.320 e. The summed E-state index contributed by atoms with van der Waals surface area (Å²) in [5.74, 6) is -1.01. The van der Waals surface area contributed by atoms with Gasteiger partial charge in [0, 0.05) is 17.3 Å². The lowest BCUT2D eigenvalue weighted by atomic mass is 10.1. The Hall–Kier alpha value is -2.14. The van der Waals surface area contributed by atoms with E-state index in [9.17, 15) is 4.79 Å². The Morgan fingerprint density at radius 2 is 2.18 bits per heavy atom. The first-order valence-corrected chi connectivity index (χ1v) is 5.19. The van der Waals surface area contributed by atoms with E-state index in [-0.39, 0.29) is 6.42 Å². The van der Waals surface area contributed by atoms with Crippen molar-refractivity contribution in [3.05, 3.63) is 36.0 Å². The fourth-order valence-corrected chi connectivity index (χ4v) is 1.64. The molecule has 0 aliphatic rings. The molecule has 0 aliphatic carbocycles. The second-order valence-corrected chi connectivity index (χ2v) is 3.94. The number of rotatable bonds is 3. The molecule has 5 N–H and O–H groups in total. The number of fused-ring (bicyclic) bond motifs is 1. The number of carboxylic acids is 1. The van der Waals surface area contributed by atoms with Gasteiger partial charge in [0.15, 0.2) is 0 Å². The van der Waals surface area contributed by atoms with Crippen LogP contribution in [0, 0.1) is 0 Å². The molecule has 0 fully saturated rings. The van der Waals surface area contributed by atoms with Gasteiger partial charge in [0.2, 0.25) is 0 Å². The predicted octanol–water partition coefficient (Wildman–Crippen LogP) is 0.771. The summed E-state index contributed by atoms with van der Waals surface area (Å²) in [6.07, 6.45) is 1.90. The second kappa shape index (κ2) is 4.39. The van der Waals surface area contributed by atoms with Crippen molar-refractivity contribution in [2.75, 3.05) is 5.73 Å². The zero-order valence-electron chi connectivity index (χ0n) is 9.13. The Morgan fingerprint density at radius 3 is 2.88 bits per heavy atom. The van der Waals surface area contributed by atoms with E-state index >= 15 is 0 Å². The van der Waals surface area contributed by atoms with Crippen molar-refractivity contribution in [3.8, 4) is 0 Å². The van der Waals surface area contributed by atoms with Crippen LogP contribution in [0.15, 0.2) is 30.5 Å². The van der Waals surface area contributed by atoms with Gasteiger partial charge in [0.25, 0.3) is 0 Å². The molecule has 17 heavy (non-hydrogen) atoms. The first kappa shape index (κ1) is 11.3. The zero-order valence-corrected chi connectivity index (χ0v) is 9.13. The average Bonchev–Trinajstić information content (AvgIpc) is 2.29. The summed E-state index contributed by atoms with van der Waals surface area (Å²) in [7, 11) is 0. The summed E-state index contributed by atoms with van der Waals surface area (Å²) in [6, 6.07) is 6.39. The van der Waals surface area contributed by atoms with Gasteiger partial charge >= 0.3 is 5.97 Å². The van der Waals surface area contributed by atoms with Crippen molar-refractivity contribution in [1.29, 1.82) is 0 Å². The van der Waals surface area contributed by atoms with Crippen LogP contribution >= 0.6 is 0 Å². The Kier molecular flexibility index (Phi) is 2.93. The van der Waals surface area contributed by atoms with E-state index in [4.69, 9.17) is 16.6 Å². The quantitative estimate of drug-likeness (QED) is 0.677. The third-order valence-corrected chi connectivity index (χ3v) is 2.54. The van der Waals surface area contributed by atoms with Gasteiger partial charge in [-0.25, -0.2) is 0 Å². The van der Waals surface area contributed by atoms with Crippen molar-refractivity contribution < 1.29 is 9.90 Å². The van der Waals surface area contributed by atoms with E-state index in [1.54, 1.807) is 18.3 Å². The number of nitrogens with two attached hydrogens (primary N) is 2. The third kappa shape index (κ3) is 2.51. The molecule has 0 aliphatic heterocycles. The minimum Gasteiger partial charge on any atom is -0.480 e. The van der Waals surface area contributed by atoms with E-state index in [0.29, 0.717) is 5.69 Å². The minimum atomic E-state index is -1.01. The predicted molar refractivity (Wildman–Crippen MR) is 65.5 cm³/mol. The molecular weight excluding hydrogens is 218 g/mol. The molecule has 5 nitrogen and oxygen atoms in total. The third-order valence-electron chi connectivity index (χ3n) is 2.54. The molecule has 1 heterocycles. The Balaban J connectivity index is 2.32. The van der Waals surface area contributed by atoms with Crippen molar-refractivity contribution in [1.82, 2.24) is 4.98 Å². The maximum Gasteiger partial charge on any atom is 0.320 e. The van der Waals surface area contributed by atoms with Crippen molar-refractivity contribution in [2.24, 2.45) is 5.73 Å². The number of hydrogen-bond donors (Lipinski definition) is 3. The van der Waals surface area contributed by atoms with Gasteiger partial charge in [0.05, 0.1) is 5.52 Å². The highest BCUT2D eigenvalue weighted by atomic mass is 16.4. The maximum absolute atomic E-state index is 10.6. The van der Waals surface area contributed by atoms with Crippen LogP contribution in [0.3, 0.4) is 0 Å². The summed E-state index contributed by atoms with van der Waals surface area (Å²) < 4.78 is 0. The van der Waals surface area contributed by atoms with Crippen LogP contribution in [-0.4, -0.2) is 22.1 Å². The molecule has 0 spiro atoms. The van der Waals surface area contributed by atoms with Gasteiger partial charge < -0.3 is 16.6 Å². The minimum absolute atomic E-state index is 0.267. The molecule has 1 aromatic heterocycles. The lowest BCUT2D eigenvalue weighted by Crippen LogP contribution is -2.32. The molecule has 0 saturated heterocycles. The Bertz CT molecular complexity index is 569. The molecule has 0 amide bonds. The van der Waals surface area contributed by atoms with Gasteiger partial charge in [-0.05, 0) is 30.2 Å². The highest BCUT2D eigenvalue weighted by Gasteiger charge is 2.12. The zero-order chi connectivity index (χ0) is 12.4. The molecule has 2 rings (SSSR count). The van der Waals surface area contributed by atoms with Crippen LogP contribution < -0.4 is 11.5 Å². The largest absolute Gasteiger partial charge is 0.480 e.